The molecule has 0 unspecified atom stereocenters. The lowest BCUT2D eigenvalue weighted by atomic mass is 10.1. The Hall–Kier alpha value is -0.750. The maximum Gasteiger partial charge on any atom is 0.302 e. The van der Waals surface area contributed by atoms with Gasteiger partial charge in [0.1, 0.15) is 18.1 Å². The van der Waals surface area contributed by atoms with Crippen molar-refractivity contribution in [2.24, 2.45) is 4.99 Å². The molecule has 5 nitrogen and oxygen atoms in total. The van der Waals surface area contributed by atoms with Crippen LogP contribution in [0.3, 0.4) is 0 Å². The minimum Gasteiger partial charge on any atom is -0.463 e. The molecule has 3 atom stereocenters. The number of aliphatic imine (C=N–C) groups is 1. The van der Waals surface area contributed by atoms with Crippen molar-refractivity contribution in [1.82, 2.24) is 5.32 Å². The summed E-state index contributed by atoms with van der Waals surface area (Å²) in [6.07, 6.45) is 7.93. The van der Waals surface area contributed by atoms with E-state index in [-0.39, 0.29) is 30.2 Å². The Balaban J connectivity index is 1.74. The highest BCUT2D eigenvalue weighted by Gasteiger charge is 2.38. The molecule has 2 rings (SSSR count). The van der Waals surface area contributed by atoms with E-state index in [1.807, 2.05) is 0 Å². The summed E-state index contributed by atoms with van der Waals surface area (Å²) >= 11 is 1.56. The second-order valence-corrected chi connectivity index (χ2v) is 5.45. The smallest absolute Gasteiger partial charge is 0.302 e. The third kappa shape index (κ3) is 4.38. The second kappa shape index (κ2) is 7.14. The molecular formula is C13H18N2O3S. The third-order valence-corrected chi connectivity index (χ3v) is 3.75. The Labute approximate surface area is 118 Å². The van der Waals surface area contributed by atoms with Crippen LogP contribution in [-0.4, -0.2) is 41.9 Å². The Kier molecular flexibility index (Phi) is 5.51. The molecule has 0 aromatic heterocycles. The molecule has 0 aromatic rings. The molecular weight excluding hydrogens is 264 g/mol. The maximum absolute atomic E-state index is 10.7. The van der Waals surface area contributed by atoms with Gasteiger partial charge in [-0.05, 0) is 6.42 Å². The molecule has 0 bridgehead atoms. The van der Waals surface area contributed by atoms with E-state index >= 15 is 0 Å². The standard InChI is InChI=1S/C13H18N2O3S/c1-3-4-7-14-13-15-11-6-5-10(8-17-9(2)16)18-12(11)19-13/h10-12H,3-4,7-8H2,1-2H3,(H,14,15)/t10-,11-,12-/m1/s1. The molecule has 2 aliphatic heterocycles. The summed E-state index contributed by atoms with van der Waals surface area (Å²) in [6, 6.07) is -0.109. The number of ether oxygens (including phenoxy) is 2. The van der Waals surface area contributed by atoms with E-state index in [0.717, 1.165) is 24.6 Å². The van der Waals surface area contributed by atoms with Crippen LogP contribution >= 0.6 is 11.8 Å². The summed E-state index contributed by atoms with van der Waals surface area (Å²) in [7, 11) is 0. The first-order chi connectivity index (χ1) is 9.19. The molecule has 2 aliphatic rings. The number of nitrogens with one attached hydrogen (secondary N) is 1. The lowest BCUT2D eigenvalue weighted by molar-refractivity contribution is -0.145. The van der Waals surface area contributed by atoms with Crippen LogP contribution in [0.5, 0.6) is 0 Å². The summed E-state index contributed by atoms with van der Waals surface area (Å²) in [4.78, 5) is 15.2. The molecule has 6 heteroatoms. The Bertz CT molecular complexity index is 349. The molecule has 4 radical (unpaired) electrons. The average molecular weight is 282 g/mol. The Morgan fingerprint density at radius 2 is 2.42 bits per heavy atom. The van der Waals surface area contributed by atoms with Gasteiger partial charge in [0, 0.05) is 26.3 Å². The van der Waals surface area contributed by atoms with Gasteiger partial charge in [0.2, 0.25) is 0 Å². The highest BCUT2D eigenvalue weighted by Crippen LogP contribution is 2.34. The van der Waals surface area contributed by atoms with Crippen molar-refractivity contribution in [3.8, 4) is 0 Å². The summed E-state index contributed by atoms with van der Waals surface area (Å²) in [5, 5.41) is 4.18. The van der Waals surface area contributed by atoms with Crippen molar-refractivity contribution >= 4 is 22.9 Å². The molecule has 2 heterocycles. The number of hydrogen-bond acceptors (Lipinski definition) is 6. The average Bonchev–Trinajstić information content (AvgIpc) is 2.78. The fraction of sp³-hybridized carbons (Fsp3) is 0.692. The van der Waals surface area contributed by atoms with Crippen molar-refractivity contribution in [1.29, 1.82) is 0 Å². The van der Waals surface area contributed by atoms with Gasteiger partial charge in [-0.25, -0.2) is 0 Å². The fourth-order valence-electron chi connectivity index (χ4n) is 1.70. The zero-order chi connectivity index (χ0) is 13.7. The summed E-state index contributed by atoms with van der Waals surface area (Å²) in [5.41, 5.74) is -0.0917. The van der Waals surface area contributed by atoms with Crippen LogP contribution in [0.4, 0.5) is 0 Å². The number of fused-ring (bicyclic) bond motifs is 1. The van der Waals surface area contributed by atoms with Gasteiger partial charge in [-0.15, -0.1) is 0 Å². The summed E-state index contributed by atoms with van der Waals surface area (Å²) in [5.74, 6) is -0.315. The largest absolute Gasteiger partial charge is 0.463 e. The summed E-state index contributed by atoms with van der Waals surface area (Å²) in [6.45, 7) is 4.64. The monoisotopic (exact) mass is 282 g/mol. The van der Waals surface area contributed by atoms with Crippen molar-refractivity contribution < 1.29 is 14.3 Å². The zero-order valence-electron chi connectivity index (χ0n) is 11.1. The van der Waals surface area contributed by atoms with Crippen molar-refractivity contribution in [2.45, 2.75) is 44.3 Å². The van der Waals surface area contributed by atoms with Gasteiger partial charge in [-0.1, -0.05) is 25.1 Å². The molecule has 0 spiro atoms. The minimum atomic E-state index is -0.345. The van der Waals surface area contributed by atoms with Crippen LogP contribution in [-0.2, 0) is 14.3 Å². The maximum atomic E-state index is 10.7. The van der Waals surface area contributed by atoms with Crippen LogP contribution in [0.25, 0.3) is 0 Å². The number of amidine groups is 1. The number of esters is 1. The van der Waals surface area contributed by atoms with E-state index in [2.05, 4.69) is 30.1 Å². The lowest BCUT2D eigenvalue weighted by Crippen LogP contribution is -2.37. The molecule has 19 heavy (non-hydrogen) atoms. The van der Waals surface area contributed by atoms with Crippen molar-refractivity contribution in [2.75, 3.05) is 13.2 Å². The molecule has 1 saturated heterocycles. The normalized spacial score (nSPS) is 29.6. The van der Waals surface area contributed by atoms with Gasteiger partial charge in [-0.2, -0.15) is 0 Å². The van der Waals surface area contributed by atoms with Crippen LogP contribution in [0, 0.1) is 12.8 Å². The number of nitrogens with zero attached hydrogens (tertiary/aromatic N) is 1. The SMILES string of the molecule is CCCCNC1=N[C@@H]2[C][C][C@H](COC(C)=O)O[C@@H]2S1. The van der Waals surface area contributed by atoms with E-state index in [9.17, 15) is 4.79 Å². The molecule has 1 N–H and O–H groups in total. The van der Waals surface area contributed by atoms with Gasteiger partial charge in [0.25, 0.3) is 0 Å². The first kappa shape index (κ1) is 14.7. The van der Waals surface area contributed by atoms with E-state index < -0.39 is 0 Å². The Morgan fingerprint density at radius 3 is 3.16 bits per heavy atom. The summed E-state index contributed by atoms with van der Waals surface area (Å²) < 4.78 is 10.7. The molecule has 0 saturated carbocycles. The van der Waals surface area contributed by atoms with Gasteiger partial charge in [0.05, 0.1) is 6.04 Å². The highest BCUT2D eigenvalue weighted by atomic mass is 32.2. The predicted molar refractivity (Wildman–Crippen MR) is 73.5 cm³/mol. The van der Waals surface area contributed by atoms with E-state index in [4.69, 9.17) is 9.47 Å². The van der Waals surface area contributed by atoms with E-state index in [0.29, 0.717) is 0 Å². The number of rotatable bonds is 5. The van der Waals surface area contributed by atoms with Gasteiger partial charge in [-0.3, -0.25) is 9.79 Å². The van der Waals surface area contributed by atoms with Gasteiger partial charge >= 0.3 is 5.97 Å². The lowest BCUT2D eigenvalue weighted by Gasteiger charge is -2.28. The molecule has 1 fully saturated rings. The first-order valence-corrected chi connectivity index (χ1v) is 7.35. The molecule has 0 amide bonds. The highest BCUT2D eigenvalue weighted by molar-refractivity contribution is 8.14. The van der Waals surface area contributed by atoms with E-state index in [1.165, 1.54) is 6.92 Å². The second-order valence-electron chi connectivity index (χ2n) is 4.36. The Morgan fingerprint density at radius 1 is 1.58 bits per heavy atom. The molecule has 104 valence electrons. The number of thioether (sulfide) groups is 1. The molecule has 0 aliphatic carbocycles. The van der Waals surface area contributed by atoms with Crippen LogP contribution in [0.2, 0.25) is 0 Å². The fourth-order valence-corrected chi connectivity index (χ4v) is 2.73. The quantitative estimate of drug-likeness (QED) is 0.608. The number of carbonyl (C=O) groups is 1. The predicted octanol–water partition coefficient (Wildman–Crippen LogP) is 1.30. The minimum absolute atomic E-state index is 0.0917. The topological polar surface area (TPSA) is 59.9 Å². The number of unbranched alkanes of at least 4 members (excludes halogenated alkanes) is 1. The van der Waals surface area contributed by atoms with E-state index in [1.54, 1.807) is 11.8 Å². The first-order valence-electron chi connectivity index (χ1n) is 6.47. The van der Waals surface area contributed by atoms with Crippen LogP contribution in [0.1, 0.15) is 26.7 Å². The van der Waals surface area contributed by atoms with Gasteiger partial charge in [0.15, 0.2) is 5.17 Å². The van der Waals surface area contributed by atoms with Crippen LogP contribution < -0.4 is 5.32 Å². The zero-order valence-corrected chi connectivity index (χ0v) is 12.0. The van der Waals surface area contributed by atoms with Crippen molar-refractivity contribution in [3.63, 3.8) is 0 Å². The number of hydrogen-bond donors (Lipinski definition) is 1. The number of carbonyl (C=O) groups excluding carboxylic acids is 1. The van der Waals surface area contributed by atoms with Gasteiger partial charge < -0.3 is 14.8 Å². The van der Waals surface area contributed by atoms with Crippen LogP contribution in [0.15, 0.2) is 4.99 Å². The third-order valence-electron chi connectivity index (χ3n) is 2.68. The van der Waals surface area contributed by atoms with Crippen molar-refractivity contribution in [3.05, 3.63) is 12.8 Å². The molecule has 0 aromatic carbocycles.